The Morgan fingerprint density at radius 2 is 1.90 bits per heavy atom. The van der Waals surface area contributed by atoms with Gasteiger partial charge in [-0.15, -0.1) is 0 Å². The number of benzene rings is 1. The van der Waals surface area contributed by atoms with E-state index in [-0.39, 0.29) is 11.5 Å². The van der Waals surface area contributed by atoms with Crippen LogP contribution in [-0.4, -0.2) is 23.5 Å². The van der Waals surface area contributed by atoms with Gasteiger partial charge in [0, 0.05) is 12.1 Å². The van der Waals surface area contributed by atoms with Gasteiger partial charge >= 0.3 is 5.97 Å². The number of carbonyl (C=O) groups is 2. The number of carbonyl (C=O) groups excluding carboxylic acids is 1. The van der Waals surface area contributed by atoms with Crippen molar-refractivity contribution in [2.24, 2.45) is 5.73 Å². The van der Waals surface area contributed by atoms with Crippen molar-refractivity contribution >= 4 is 17.6 Å². The topological polar surface area (TPSA) is 92.4 Å². The SMILES string of the molecule is Cc1c(NC(=O)CCCCCCN)cccc1C(=O)O. The number of rotatable bonds is 8. The highest BCUT2D eigenvalue weighted by Gasteiger charge is 2.11. The molecule has 5 heteroatoms. The number of carboxylic acid groups (broad SMARTS) is 1. The van der Waals surface area contributed by atoms with Gasteiger partial charge in [-0.05, 0) is 44.0 Å². The van der Waals surface area contributed by atoms with Crippen LogP contribution in [0.3, 0.4) is 0 Å². The van der Waals surface area contributed by atoms with Gasteiger partial charge in [0.05, 0.1) is 5.56 Å². The van der Waals surface area contributed by atoms with Crippen LogP contribution in [0.25, 0.3) is 0 Å². The third-order valence-corrected chi connectivity index (χ3v) is 3.20. The first-order valence-corrected chi connectivity index (χ1v) is 6.89. The van der Waals surface area contributed by atoms with Crippen molar-refractivity contribution in [1.29, 1.82) is 0 Å². The van der Waals surface area contributed by atoms with E-state index < -0.39 is 5.97 Å². The standard InChI is InChI=1S/C15H22N2O3/c1-11-12(15(19)20)7-6-8-13(11)17-14(18)9-4-2-3-5-10-16/h6-8H,2-5,9-10,16H2,1H3,(H,17,18)(H,19,20). The molecule has 5 nitrogen and oxygen atoms in total. The Labute approximate surface area is 119 Å². The third-order valence-electron chi connectivity index (χ3n) is 3.20. The molecule has 0 aliphatic carbocycles. The second kappa shape index (κ2) is 8.32. The minimum atomic E-state index is -0.986. The number of aromatic carboxylic acids is 1. The molecule has 0 fully saturated rings. The first-order chi connectivity index (χ1) is 9.56. The minimum Gasteiger partial charge on any atom is -0.478 e. The average Bonchev–Trinajstić information content (AvgIpc) is 2.40. The van der Waals surface area contributed by atoms with Crippen LogP contribution in [0.4, 0.5) is 5.69 Å². The van der Waals surface area contributed by atoms with Gasteiger partial charge in [0.2, 0.25) is 5.91 Å². The molecule has 0 unspecified atom stereocenters. The molecular weight excluding hydrogens is 256 g/mol. The summed E-state index contributed by atoms with van der Waals surface area (Å²) in [6.07, 6.45) is 4.28. The Kier molecular flexibility index (Phi) is 6.73. The quantitative estimate of drug-likeness (QED) is 0.637. The molecule has 0 aliphatic heterocycles. The van der Waals surface area contributed by atoms with E-state index >= 15 is 0 Å². The van der Waals surface area contributed by atoms with Crippen molar-refractivity contribution in [2.45, 2.75) is 39.0 Å². The lowest BCUT2D eigenvalue weighted by Gasteiger charge is -2.10. The third kappa shape index (κ3) is 5.01. The second-order valence-corrected chi connectivity index (χ2v) is 4.78. The van der Waals surface area contributed by atoms with E-state index in [2.05, 4.69) is 5.32 Å². The predicted octanol–water partition coefficient (Wildman–Crippen LogP) is 2.54. The molecular formula is C15H22N2O3. The van der Waals surface area contributed by atoms with Crippen molar-refractivity contribution in [3.8, 4) is 0 Å². The maximum Gasteiger partial charge on any atom is 0.336 e. The lowest BCUT2D eigenvalue weighted by molar-refractivity contribution is -0.116. The zero-order valence-corrected chi connectivity index (χ0v) is 11.8. The summed E-state index contributed by atoms with van der Waals surface area (Å²) in [5, 5.41) is 11.8. The number of hydrogen-bond donors (Lipinski definition) is 3. The Balaban J connectivity index is 2.50. The van der Waals surface area contributed by atoms with Gasteiger partial charge in [0.15, 0.2) is 0 Å². The van der Waals surface area contributed by atoms with E-state index in [0.717, 1.165) is 25.7 Å². The summed E-state index contributed by atoms with van der Waals surface area (Å²) < 4.78 is 0. The van der Waals surface area contributed by atoms with Crippen molar-refractivity contribution in [2.75, 3.05) is 11.9 Å². The molecule has 1 aromatic rings. The van der Waals surface area contributed by atoms with E-state index in [1.807, 2.05) is 0 Å². The number of nitrogens with one attached hydrogen (secondary N) is 1. The smallest absolute Gasteiger partial charge is 0.336 e. The number of anilines is 1. The van der Waals surface area contributed by atoms with Crippen LogP contribution in [-0.2, 0) is 4.79 Å². The van der Waals surface area contributed by atoms with Gasteiger partial charge in [-0.25, -0.2) is 4.79 Å². The molecule has 0 spiro atoms. The largest absolute Gasteiger partial charge is 0.478 e. The average molecular weight is 278 g/mol. The van der Waals surface area contributed by atoms with Gasteiger partial charge in [-0.2, -0.15) is 0 Å². The number of carboxylic acids is 1. The number of unbranched alkanes of at least 4 members (excludes halogenated alkanes) is 3. The van der Waals surface area contributed by atoms with E-state index in [0.29, 0.717) is 24.2 Å². The maximum absolute atomic E-state index is 11.8. The summed E-state index contributed by atoms with van der Waals surface area (Å²) in [7, 11) is 0. The van der Waals surface area contributed by atoms with Crippen LogP contribution in [0.2, 0.25) is 0 Å². The monoisotopic (exact) mass is 278 g/mol. The molecule has 1 aromatic carbocycles. The van der Waals surface area contributed by atoms with Gasteiger partial charge in [0.1, 0.15) is 0 Å². The molecule has 0 heterocycles. The number of amides is 1. The minimum absolute atomic E-state index is 0.0802. The zero-order chi connectivity index (χ0) is 15.0. The molecule has 4 N–H and O–H groups in total. The molecule has 0 bridgehead atoms. The van der Waals surface area contributed by atoms with Crippen molar-refractivity contribution in [3.05, 3.63) is 29.3 Å². The second-order valence-electron chi connectivity index (χ2n) is 4.78. The molecule has 1 rings (SSSR count). The Hall–Kier alpha value is -1.88. The molecule has 110 valence electrons. The highest BCUT2D eigenvalue weighted by molar-refractivity contribution is 5.95. The van der Waals surface area contributed by atoms with E-state index in [1.165, 1.54) is 6.07 Å². The van der Waals surface area contributed by atoms with E-state index in [9.17, 15) is 9.59 Å². The highest BCUT2D eigenvalue weighted by atomic mass is 16.4. The van der Waals surface area contributed by atoms with Crippen molar-refractivity contribution < 1.29 is 14.7 Å². The fourth-order valence-corrected chi connectivity index (χ4v) is 2.00. The molecule has 0 aliphatic rings. The van der Waals surface area contributed by atoms with Crippen LogP contribution in [0.15, 0.2) is 18.2 Å². The first-order valence-electron chi connectivity index (χ1n) is 6.89. The lowest BCUT2D eigenvalue weighted by Crippen LogP contribution is -2.13. The van der Waals surface area contributed by atoms with Gasteiger partial charge in [0.25, 0.3) is 0 Å². The van der Waals surface area contributed by atoms with Crippen LogP contribution < -0.4 is 11.1 Å². The first kappa shape index (κ1) is 16.2. The van der Waals surface area contributed by atoms with Crippen molar-refractivity contribution in [3.63, 3.8) is 0 Å². The summed E-state index contributed by atoms with van der Waals surface area (Å²) in [4.78, 5) is 22.8. The summed E-state index contributed by atoms with van der Waals surface area (Å²) in [6.45, 7) is 2.38. The predicted molar refractivity (Wildman–Crippen MR) is 78.9 cm³/mol. The molecule has 0 saturated heterocycles. The summed E-state index contributed by atoms with van der Waals surface area (Å²) in [5.74, 6) is -1.07. The molecule has 0 atom stereocenters. The zero-order valence-electron chi connectivity index (χ0n) is 11.8. The fourth-order valence-electron chi connectivity index (χ4n) is 2.00. The van der Waals surface area contributed by atoms with Crippen LogP contribution in [0.5, 0.6) is 0 Å². The summed E-state index contributed by atoms with van der Waals surface area (Å²) >= 11 is 0. The van der Waals surface area contributed by atoms with Gasteiger partial charge in [-0.1, -0.05) is 18.9 Å². The van der Waals surface area contributed by atoms with Gasteiger partial charge < -0.3 is 16.2 Å². The Morgan fingerprint density at radius 3 is 2.55 bits per heavy atom. The molecule has 0 saturated carbocycles. The normalized spacial score (nSPS) is 10.3. The number of nitrogens with two attached hydrogens (primary N) is 1. The highest BCUT2D eigenvalue weighted by Crippen LogP contribution is 2.19. The molecule has 20 heavy (non-hydrogen) atoms. The van der Waals surface area contributed by atoms with Crippen LogP contribution >= 0.6 is 0 Å². The summed E-state index contributed by atoms with van der Waals surface area (Å²) in [5.41, 5.74) is 6.76. The van der Waals surface area contributed by atoms with Crippen LogP contribution in [0, 0.1) is 6.92 Å². The summed E-state index contributed by atoms with van der Waals surface area (Å²) in [6, 6.07) is 4.88. The fraction of sp³-hybridized carbons (Fsp3) is 0.467. The lowest BCUT2D eigenvalue weighted by atomic mass is 10.1. The Morgan fingerprint density at radius 1 is 1.20 bits per heavy atom. The number of hydrogen-bond acceptors (Lipinski definition) is 3. The van der Waals surface area contributed by atoms with E-state index in [1.54, 1.807) is 19.1 Å². The van der Waals surface area contributed by atoms with Gasteiger partial charge in [-0.3, -0.25) is 4.79 Å². The molecule has 1 amide bonds. The van der Waals surface area contributed by atoms with Crippen LogP contribution in [0.1, 0.15) is 48.0 Å². The molecule has 0 aromatic heterocycles. The van der Waals surface area contributed by atoms with E-state index in [4.69, 9.17) is 10.8 Å². The molecule has 0 radical (unpaired) electrons. The Bertz CT molecular complexity index is 472. The van der Waals surface area contributed by atoms with Crippen molar-refractivity contribution in [1.82, 2.24) is 0 Å². The maximum atomic E-state index is 11.8.